The Kier molecular flexibility index (Phi) is 4.92. The van der Waals surface area contributed by atoms with E-state index in [4.69, 9.17) is 10.5 Å². The van der Waals surface area contributed by atoms with E-state index in [0.717, 1.165) is 19.3 Å². The first-order valence-electron chi connectivity index (χ1n) is 8.36. The smallest absolute Gasteiger partial charge is 0.314 e. The number of ether oxygens (including phenoxy) is 1. The lowest BCUT2D eigenvalue weighted by molar-refractivity contribution is -0.150. The van der Waals surface area contributed by atoms with Crippen molar-refractivity contribution in [2.24, 2.45) is 17.1 Å². The minimum absolute atomic E-state index is 0.000356. The van der Waals surface area contributed by atoms with Gasteiger partial charge in [-0.15, -0.1) is 0 Å². The fourth-order valence-electron chi connectivity index (χ4n) is 4.24. The Morgan fingerprint density at radius 1 is 1.29 bits per heavy atom. The van der Waals surface area contributed by atoms with Gasteiger partial charge in [0, 0.05) is 0 Å². The number of rotatable bonds is 4. The van der Waals surface area contributed by atoms with Crippen molar-refractivity contribution in [3.05, 3.63) is 29.3 Å². The molecule has 0 saturated heterocycles. The molecule has 2 atom stereocenters. The van der Waals surface area contributed by atoms with Crippen LogP contribution in [0.5, 0.6) is 5.75 Å². The number of aliphatic carboxylic acids is 1. The number of nitrogens with two attached hydrogens (primary N) is 1. The van der Waals surface area contributed by atoms with Crippen LogP contribution in [0.15, 0.2) is 18.2 Å². The average Bonchev–Trinajstić information content (AvgIpc) is 2.52. The molecule has 1 amide bonds. The van der Waals surface area contributed by atoms with E-state index in [0.29, 0.717) is 17.7 Å². The number of carboxylic acid groups (broad SMARTS) is 1. The second kappa shape index (κ2) is 6.46. The monoisotopic (exact) mass is 333 g/mol. The molecule has 3 N–H and O–H groups in total. The standard InChI is InChI=1S/C19H27NO4/c1-18(2,3)15-7-5-6-10-19(15,17(22)23)12-8-9-13(16(20)21)14(11-12)24-4/h8-9,11,15H,5-7,10H2,1-4H3,(H2,20,21)(H,22,23). The van der Waals surface area contributed by atoms with Gasteiger partial charge in [0.25, 0.3) is 5.91 Å². The second-order valence-electron chi connectivity index (χ2n) is 7.72. The normalized spacial score (nSPS) is 24.4. The highest BCUT2D eigenvalue weighted by Crippen LogP contribution is 2.52. The first-order valence-corrected chi connectivity index (χ1v) is 8.36. The molecule has 0 heterocycles. The van der Waals surface area contributed by atoms with Crippen molar-refractivity contribution in [2.45, 2.75) is 51.9 Å². The van der Waals surface area contributed by atoms with Crippen LogP contribution in [0.4, 0.5) is 0 Å². The van der Waals surface area contributed by atoms with Crippen LogP contribution >= 0.6 is 0 Å². The van der Waals surface area contributed by atoms with Crippen molar-refractivity contribution in [3.63, 3.8) is 0 Å². The number of carbonyl (C=O) groups is 2. The zero-order valence-electron chi connectivity index (χ0n) is 14.9. The summed E-state index contributed by atoms with van der Waals surface area (Å²) in [6.45, 7) is 6.28. The number of hydrogen-bond acceptors (Lipinski definition) is 3. The van der Waals surface area contributed by atoms with Gasteiger partial charge in [-0.2, -0.15) is 0 Å². The van der Waals surface area contributed by atoms with E-state index in [9.17, 15) is 14.7 Å². The van der Waals surface area contributed by atoms with E-state index in [1.165, 1.54) is 7.11 Å². The van der Waals surface area contributed by atoms with E-state index in [2.05, 4.69) is 20.8 Å². The zero-order valence-corrected chi connectivity index (χ0v) is 14.9. The van der Waals surface area contributed by atoms with Crippen molar-refractivity contribution in [2.75, 3.05) is 7.11 Å². The van der Waals surface area contributed by atoms with Crippen LogP contribution < -0.4 is 10.5 Å². The van der Waals surface area contributed by atoms with Crippen molar-refractivity contribution < 1.29 is 19.4 Å². The zero-order chi connectivity index (χ0) is 18.1. The Morgan fingerprint density at radius 3 is 2.46 bits per heavy atom. The van der Waals surface area contributed by atoms with Crippen molar-refractivity contribution in [1.82, 2.24) is 0 Å². The predicted octanol–water partition coefficient (Wildman–Crippen LogP) is 3.35. The lowest BCUT2D eigenvalue weighted by Gasteiger charge is -2.47. The van der Waals surface area contributed by atoms with Gasteiger partial charge in [-0.25, -0.2) is 0 Å². The van der Waals surface area contributed by atoms with Crippen LogP contribution in [0.25, 0.3) is 0 Å². The molecule has 0 aromatic heterocycles. The van der Waals surface area contributed by atoms with Crippen LogP contribution in [-0.4, -0.2) is 24.1 Å². The van der Waals surface area contributed by atoms with Gasteiger partial charge in [-0.1, -0.05) is 39.7 Å². The fraction of sp³-hybridized carbons (Fsp3) is 0.579. The van der Waals surface area contributed by atoms with Crippen LogP contribution in [-0.2, 0) is 10.2 Å². The second-order valence-corrected chi connectivity index (χ2v) is 7.72. The summed E-state index contributed by atoms with van der Waals surface area (Å²) < 4.78 is 5.29. The van der Waals surface area contributed by atoms with Gasteiger partial charge < -0.3 is 15.6 Å². The van der Waals surface area contributed by atoms with Gasteiger partial charge in [-0.05, 0) is 41.9 Å². The maximum absolute atomic E-state index is 12.4. The average molecular weight is 333 g/mol. The summed E-state index contributed by atoms with van der Waals surface area (Å²) in [6.07, 6.45) is 3.37. The largest absolute Gasteiger partial charge is 0.496 e. The Balaban J connectivity index is 2.66. The fourth-order valence-corrected chi connectivity index (χ4v) is 4.24. The molecule has 1 aliphatic rings. The Hall–Kier alpha value is -2.04. The molecule has 1 aromatic rings. The molecule has 0 spiro atoms. The van der Waals surface area contributed by atoms with Crippen molar-refractivity contribution in [3.8, 4) is 5.75 Å². The molecule has 1 saturated carbocycles. The number of carboxylic acids is 1. The van der Waals surface area contributed by atoms with Crippen LogP contribution in [0.3, 0.4) is 0 Å². The van der Waals surface area contributed by atoms with E-state index < -0.39 is 17.3 Å². The van der Waals surface area contributed by atoms with Gasteiger partial charge >= 0.3 is 5.97 Å². The molecular formula is C19H27NO4. The lowest BCUT2D eigenvalue weighted by atomic mass is 9.55. The molecule has 5 nitrogen and oxygen atoms in total. The Labute approximate surface area is 143 Å². The molecule has 5 heteroatoms. The van der Waals surface area contributed by atoms with Gasteiger partial charge in [0.15, 0.2) is 0 Å². The molecule has 24 heavy (non-hydrogen) atoms. The minimum atomic E-state index is -0.972. The number of primary amides is 1. The number of hydrogen-bond donors (Lipinski definition) is 2. The maximum Gasteiger partial charge on any atom is 0.314 e. The third-order valence-corrected chi connectivity index (χ3v) is 5.32. The summed E-state index contributed by atoms with van der Waals surface area (Å²) in [6, 6.07) is 4.98. The number of amides is 1. The number of carbonyl (C=O) groups excluding carboxylic acids is 1. The summed E-state index contributed by atoms with van der Waals surface area (Å²) in [4.78, 5) is 24.0. The van der Waals surface area contributed by atoms with Crippen molar-refractivity contribution in [1.29, 1.82) is 0 Å². The highest BCUT2D eigenvalue weighted by Gasteiger charge is 2.52. The first-order chi connectivity index (χ1) is 11.1. The predicted molar refractivity (Wildman–Crippen MR) is 92.2 cm³/mol. The summed E-state index contributed by atoms with van der Waals surface area (Å²) in [5.41, 5.74) is 5.22. The molecular weight excluding hydrogens is 306 g/mol. The summed E-state index contributed by atoms with van der Waals surface area (Å²) in [7, 11) is 1.46. The third-order valence-electron chi connectivity index (χ3n) is 5.32. The molecule has 1 aromatic carbocycles. The van der Waals surface area contributed by atoms with E-state index in [1.54, 1.807) is 18.2 Å². The van der Waals surface area contributed by atoms with Crippen LogP contribution in [0.2, 0.25) is 0 Å². The van der Waals surface area contributed by atoms with Crippen LogP contribution in [0, 0.1) is 11.3 Å². The quantitative estimate of drug-likeness (QED) is 0.884. The molecule has 132 valence electrons. The van der Waals surface area contributed by atoms with Crippen LogP contribution in [0.1, 0.15) is 62.4 Å². The van der Waals surface area contributed by atoms with Gasteiger partial charge in [0.1, 0.15) is 5.75 Å². The molecule has 1 aliphatic carbocycles. The Morgan fingerprint density at radius 2 is 1.96 bits per heavy atom. The van der Waals surface area contributed by atoms with E-state index in [-0.39, 0.29) is 16.9 Å². The molecule has 0 aliphatic heterocycles. The highest BCUT2D eigenvalue weighted by atomic mass is 16.5. The molecule has 2 rings (SSSR count). The van der Waals surface area contributed by atoms with Crippen molar-refractivity contribution >= 4 is 11.9 Å². The molecule has 0 bridgehead atoms. The SMILES string of the molecule is COc1cc(C2(C(=O)O)CCCCC2C(C)(C)C)ccc1C(N)=O. The third kappa shape index (κ3) is 2.99. The lowest BCUT2D eigenvalue weighted by Crippen LogP contribution is -2.50. The van der Waals surface area contributed by atoms with E-state index in [1.807, 2.05) is 0 Å². The summed E-state index contributed by atoms with van der Waals surface area (Å²) in [5.74, 6) is -1.06. The van der Waals surface area contributed by atoms with Gasteiger partial charge in [-0.3, -0.25) is 9.59 Å². The molecule has 0 radical (unpaired) electrons. The summed E-state index contributed by atoms with van der Waals surface area (Å²) in [5, 5.41) is 10.2. The van der Waals surface area contributed by atoms with Gasteiger partial charge in [0.2, 0.25) is 0 Å². The number of methoxy groups -OCH3 is 1. The molecule has 1 fully saturated rings. The Bertz CT molecular complexity index is 647. The highest BCUT2D eigenvalue weighted by molar-refractivity contribution is 5.96. The minimum Gasteiger partial charge on any atom is -0.496 e. The van der Waals surface area contributed by atoms with Gasteiger partial charge in [0.05, 0.1) is 18.1 Å². The summed E-state index contributed by atoms with van der Waals surface area (Å²) >= 11 is 0. The number of benzene rings is 1. The van der Waals surface area contributed by atoms with E-state index >= 15 is 0 Å². The molecule has 2 unspecified atom stereocenters. The first kappa shape index (κ1) is 18.3. The topological polar surface area (TPSA) is 89.6 Å². The maximum atomic E-state index is 12.4.